The number of nitro benzene ring substituents is 1. The van der Waals surface area contributed by atoms with Gasteiger partial charge >= 0.3 is 0 Å². The van der Waals surface area contributed by atoms with E-state index in [1.54, 1.807) is 29.2 Å². The molecular formula is C20H20ClN3O6. The van der Waals surface area contributed by atoms with E-state index in [1.165, 1.54) is 13.2 Å². The van der Waals surface area contributed by atoms with Crippen LogP contribution in [0.3, 0.4) is 0 Å². The number of carbonyl (C=O) groups is 1. The van der Waals surface area contributed by atoms with Gasteiger partial charge in [-0.05, 0) is 24.3 Å². The first-order valence-corrected chi connectivity index (χ1v) is 9.81. The van der Waals surface area contributed by atoms with Crippen LogP contribution in [0, 0.1) is 10.1 Å². The van der Waals surface area contributed by atoms with E-state index in [2.05, 4.69) is 0 Å². The molecule has 1 fully saturated rings. The van der Waals surface area contributed by atoms with Gasteiger partial charge in [-0.25, -0.2) is 0 Å². The third-order valence-electron chi connectivity index (χ3n) is 5.12. The number of hydrogen-bond acceptors (Lipinski definition) is 7. The van der Waals surface area contributed by atoms with Crippen molar-refractivity contribution in [2.45, 2.75) is 0 Å². The first-order valence-electron chi connectivity index (χ1n) is 9.43. The Morgan fingerprint density at radius 2 is 1.87 bits per heavy atom. The monoisotopic (exact) mass is 433 g/mol. The van der Waals surface area contributed by atoms with E-state index in [4.69, 9.17) is 25.8 Å². The van der Waals surface area contributed by atoms with Gasteiger partial charge in [-0.1, -0.05) is 11.6 Å². The largest absolute Gasteiger partial charge is 0.493 e. The van der Waals surface area contributed by atoms with Crippen LogP contribution in [0.15, 0.2) is 30.3 Å². The second kappa shape index (κ2) is 8.27. The zero-order chi connectivity index (χ0) is 21.3. The predicted molar refractivity (Wildman–Crippen MR) is 110 cm³/mol. The zero-order valence-electron chi connectivity index (χ0n) is 16.3. The lowest BCUT2D eigenvalue weighted by Crippen LogP contribution is -2.49. The van der Waals surface area contributed by atoms with Crippen molar-refractivity contribution >= 4 is 28.9 Å². The number of anilines is 1. The molecule has 2 heterocycles. The van der Waals surface area contributed by atoms with Gasteiger partial charge in [0.25, 0.3) is 11.6 Å². The van der Waals surface area contributed by atoms with Gasteiger partial charge in [0, 0.05) is 42.8 Å². The van der Waals surface area contributed by atoms with Crippen LogP contribution in [0.1, 0.15) is 10.4 Å². The van der Waals surface area contributed by atoms with E-state index in [0.29, 0.717) is 72.9 Å². The minimum Gasteiger partial charge on any atom is -0.493 e. The number of methoxy groups -OCH3 is 1. The summed E-state index contributed by atoms with van der Waals surface area (Å²) in [5.74, 6) is 1.28. The summed E-state index contributed by atoms with van der Waals surface area (Å²) >= 11 is 5.90. The van der Waals surface area contributed by atoms with Crippen LogP contribution in [0.5, 0.6) is 17.2 Å². The van der Waals surface area contributed by atoms with E-state index >= 15 is 0 Å². The second-order valence-corrected chi connectivity index (χ2v) is 7.31. The highest BCUT2D eigenvalue weighted by Crippen LogP contribution is 2.40. The normalized spacial score (nSPS) is 15.7. The molecule has 0 radical (unpaired) electrons. The molecule has 2 aromatic rings. The predicted octanol–water partition coefficient (Wildman–Crippen LogP) is 2.99. The fourth-order valence-corrected chi connectivity index (χ4v) is 3.81. The molecule has 0 saturated carbocycles. The molecule has 158 valence electrons. The summed E-state index contributed by atoms with van der Waals surface area (Å²) in [6, 6.07) is 7.92. The first-order chi connectivity index (χ1) is 14.5. The number of hydrogen-bond donors (Lipinski definition) is 0. The molecule has 1 saturated heterocycles. The van der Waals surface area contributed by atoms with Crippen molar-refractivity contribution in [3.05, 3.63) is 51.0 Å². The van der Waals surface area contributed by atoms with Gasteiger partial charge in [-0.2, -0.15) is 0 Å². The average molecular weight is 434 g/mol. The highest BCUT2D eigenvalue weighted by atomic mass is 35.5. The summed E-state index contributed by atoms with van der Waals surface area (Å²) < 4.78 is 16.5. The molecule has 2 aliphatic heterocycles. The summed E-state index contributed by atoms with van der Waals surface area (Å²) in [5, 5.41) is 11.7. The van der Waals surface area contributed by atoms with Crippen molar-refractivity contribution in [1.82, 2.24) is 4.90 Å². The van der Waals surface area contributed by atoms with Crippen molar-refractivity contribution in [3.63, 3.8) is 0 Å². The van der Waals surface area contributed by atoms with Gasteiger partial charge in [-0.15, -0.1) is 0 Å². The molecule has 0 aliphatic carbocycles. The third-order valence-corrected chi connectivity index (χ3v) is 5.35. The molecule has 0 atom stereocenters. The van der Waals surface area contributed by atoms with E-state index < -0.39 is 4.92 Å². The Labute approximate surface area is 177 Å². The molecule has 1 amide bonds. The molecule has 2 aliphatic rings. The van der Waals surface area contributed by atoms with Crippen LogP contribution in [0.2, 0.25) is 5.02 Å². The lowest BCUT2D eigenvalue weighted by Gasteiger charge is -2.36. The van der Waals surface area contributed by atoms with E-state index in [0.717, 1.165) is 0 Å². The fourth-order valence-electron chi connectivity index (χ4n) is 3.64. The smallest absolute Gasteiger partial charge is 0.294 e. The van der Waals surface area contributed by atoms with Crippen LogP contribution in [-0.2, 0) is 0 Å². The molecule has 0 unspecified atom stereocenters. The van der Waals surface area contributed by atoms with Crippen LogP contribution in [0.25, 0.3) is 0 Å². The maximum absolute atomic E-state index is 13.0. The topological polar surface area (TPSA) is 94.4 Å². The van der Waals surface area contributed by atoms with Crippen molar-refractivity contribution < 1.29 is 23.9 Å². The van der Waals surface area contributed by atoms with Gasteiger partial charge in [0.1, 0.15) is 18.9 Å². The molecule has 0 bridgehead atoms. The highest BCUT2D eigenvalue weighted by molar-refractivity contribution is 6.30. The summed E-state index contributed by atoms with van der Waals surface area (Å²) in [7, 11) is 1.51. The number of carbonyl (C=O) groups excluding carboxylic acids is 1. The van der Waals surface area contributed by atoms with Crippen LogP contribution >= 0.6 is 11.6 Å². The SMILES string of the molecule is COc1cc(C(=O)N2CCN(c3ccc(Cl)cc3[N+](=O)[O-])CC2)cc2c1OCCO2. The fraction of sp³-hybridized carbons (Fsp3) is 0.350. The Kier molecular flexibility index (Phi) is 5.54. The lowest BCUT2D eigenvalue weighted by atomic mass is 10.1. The quantitative estimate of drug-likeness (QED) is 0.540. The Bertz CT molecular complexity index is 973. The maximum atomic E-state index is 13.0. The third kappa shape index (κ3) is 3.80. The van der Waals surface area contributed by atoms with Crippen molar-refractivity contribution in [2.24, 2.45) is 0 Å². The molecule has 10 heteroatoms. The first kappa shape index (κ1) is 20.1. The van der Waals surface area contributed by atoms with Crippen LogP contribution in [-0.4, -0.2) is 62.2 Å². The molecule has 30 heavy (non-hydrogen) atoms. The van der Waals surface area contributed by atoms with Crippen LogP contribution in [0.4, 0.5) is 11.4 Å². The lowest BCUT2D eigenvalue weighted by molar-refractivity contribution is -0.384. The highest BCUT2D eigenvalue weighted by Gasteiger charge is 2.28. The molecule has 0 spiro atoms. The molecular weight excluding hydrogens is 414 g/mol. The Hall–Kier alpha value is -3.20. The number of halogens is 1. The van der Waals surface area contributed by atoms with Crippen molar-refractivity contribution in [2.75, 3.05) is 51.4 Å². The Morgan fingerprint density at radius 1 is 1.13 bits per heavy atom. The van der Waals surface area contributed by atoms with E-state index in [9.17, 15) is 14.9 Å². The molecule has 9 nitrogen and oxygen atoms in total. The summed E-state index contributed by atoms with van der Waals surface area (Å²) in [4.78, 5) is 27.6. The number of nitro groups is 1. The standard InChI is InChI=1S/C20H20ClN3O6/c1-28-17-10-13(11-18-19(17)30-9-8-29-18)20(25)23-6-4-22(5-7-23)15-3-2-14(21)12-16(15)24(26)27/h2-3,10-12H,4-9H2,1H3. The van der Waals surface area contributed by atoms with Gasteiger partial charge in [-0.3, -0.25) is 14.9 Å². The summed E-state index contributed by atoms with van der Waals surface area (Å²) in [5.41, 5.74) is 0.901. The summed E-state index contributed by atoms with van der Waals surface area (Å²) in [6.07, 6.45) is 0. The van der Waals surface area contributed by atoms with Gasteiger partial charge in [0.05, 0.1) is 12.0 Å². The molecule has 2 aromatic carbocycles. The number of rotatable bonds is 4. The average Bonchev–Trinajstić information content (AvgIpc) is 2.77. The molecule has 4 rings (SSSR count). The van der Waals surface area contributed by atoms with Crippen LogP contribution < -0.4 is 19.1 Å². The van der Waals surface area contributed by atoms with Crippen molar-refractivity contribution in [3.8, 4) is 17.2 Å². The Morgan fingerprint density at radius 3 is 2.57 bits per heavy atom. The Balaban J connectivity index is 1.50. The zero-order valence-corrected chi connectivity index (χ0v) is 17.1. The summed E-state index contributed by atoms with van der Waals surface area (Å²) in [6.45, 7) is 2.62. The number of piperazine rings is 1. The molecule has 0 N–H and O–H groups in total. The van der Waals surface area contributed by atoms with Gasteiger partial charge in [0.2, 0.25) is 5.75 Å². The number of benzene rings is 2. The van der Waals surface area contributed by atoms with E-state index in [-0.39, 0.29) is 11.6 Å². The minimum absolute atomic E-state index is 0.0427. The number of fused-ring (bicyclic) bond motifs is 1. The van der Waals surface area contributed by atoms with Gasteiger partial charge < -0.3 is 24.0 Å². The maximum Gasteiger partial charge on any atom is 0.294 e. The number of ether oxygens (including phenoxy) is 3. The number of nitrogens with zero attached hydrogens (tertiary/aromatic N) is 3. The minimum atomic E-state index is -0.444. The van der Waals surface area contributed by atoms with Gasteiger partial charge in [0.15, 0.2) is 11.5 Å². The molecule has 0 aromatic heterocycles. The van der Waals surface area contributed by atoms with E-state index in [1.807, 2.05) is 4.90 Å². The number of amides is 1. The van der Waals surface area contributed by atoms with Crippen molar-refractivity contribution in [1.29, 1.82) is 0 Å². The second-order valence-electron chi connectivity index (χ2n) is 6.87.